The summed E-state index contributed by atoms with van der Waals surface area (Å²) < 4.78 is 0. The lowest BCUT2D eigenvalue weighted by atomic mass is 10.1. The predicted molar refractivity (Wildman–Crippen MR) is 72.1 cm³/mol. The molecule has 100 valence electrons. The Labute approximate surface area is 112 Å². The molecule has 2 heterocycles. The van der Waals surface area contributed by atoms with E-state index in [-0.39, 0.29) is 17.9 Å². The molecule has 0 spiro atoms. The molecular formula is C14H17N3O2. The second-order valence-electron chi connectivity index (χ2n) is 5.12. The van der Waals surface area contributed by atoms with Crippen LogP contribution < -0.4 is 10.6 Å². The Morgan fingerprint density at radius 2 is 2.32 bits per heavy atom. The first-order chi connectivity index (χ1) is 9.15. The van der Waals surface area contributed by atoms with Gasteiger partial charge in [0.2, 0.25) is 5.91 Å². The number of likely N-dealkylation sites (tertiary alicyclic amines) is 1. The molecule has 19 heavy (non-hydrogen) atoms. The largest absolute Gasteiger partial charge is 0.384 e. The number of hydrogen-bond acceptors (Lipinski definition) is 3. The number of nitrogens with zero attached hydrogens (tertiary/aromatic N) is 1. The predicted octanol–water partition coefficient (Wildman–Crippen LogP) is 0.615. The number of likely N-dealkylation sites (N-methyl/N-ethyl adjacent to an activating group) is 1. The van der Waals surface area contributed by atoms with Crippen molar-refractivity contribution in [3.05, 3.63) is 29.3 Å². The molecule has 2 aliphatic heterocycles. The van der Waals surface area contributed by atoms with Crippen molar-refractivity contribution in [2.24, 2.45) is 0 Å². The van der Waals surface area contributed by atoms with Gasteiger partial charge >= 0.3 is 0 Å². The van der Waals surface area contributed by atoms with E-state index in [0.717, 1.165) is 18.7 Å². The zero-order chi connectivity index (χ0) is 13.4. The number of anilines is 1. The van der Waals surface area contributed by atoms with Crippen molar-refractivity contribution in [2.75, 3.05) is 25.5 Å². The minimum Gasteiger partial charge on any atom is -0.384 e. The number of rotatable bonds is 2. The minimum atomic E-state index is -0.376. The molecule has 1 saturated heterocycles. The van der Waals surface area contributed by atoms with Crippen LogP contribution in [0.25, 0.3) is 0 Å². The van der Waals surface area contributed by atoms with E-state index in [1.54, 1.807) is 11.9 Å². The van der Waals surface area contributed by atoms with Gasteiger partial charge in [-0.1, -0.05) is 6.07 Å². The fraction of sp³-hybridized carbons (Fsp3) is 0.429. The van der Waals surface area contributed by atoms with E-state index in [1.165, 1.54) is 5.56 Å². The van der Waals surface area contributed by atoms with E-state index in [2.05, 4.69) is 10.6 Å². The van der Waals surface area contributed by atoms with Gasteiger partial charge in [-0.05, 0) is 30.5 Å². The van der Waals surface area contributed by atoms with Gasteiger partial charge < -0.3 is 15.5 Å². The van der Waals surface area contributed by atoms with Crippen LogP contribution in [0.5, 0.6) is 0 Å². The van der Waals surface area contributed by atoms with E-state index in [1.807, 2.05) is 18.2 Å². The topological polar surface area (TPSA) is 61.4 Å². The van der Waals surface area contributed by atoms with Gasteiger partial charge in [0.25, 0.3) is 5.91 Å². The molecule has 0 bridgehead atoms. The van der Waals surface area contributed by atoms with Crippen molar-refractivity contribution in [3.63, 3.8) is 0 Å². The van der Waals surface area contributed by atoms with Crippen molar-refractivity contribution in [2.45, 2.75) is 18.9 Å². The molecule has 2 aliphatic rings. The minimum absolute atomic E-state index is 0.00682. The zero-order valence-electron chi connectivity index (χ0n) is 10.9. The first kappa shape index (κ1) is 12.0. The maximum absolute atomic E-state index is 12.1. The van der Waals surface area contributed by atoms with Crippen LogP contribution >= 0.6 is 0 Å². The third-order valence-corrected chi connectivity index (χ3v) is 3.81. The normalized spacial score (nSPS) is 21.2. The molecule has 1 fully saturated rings. The lowest BCUT2D eigenvalue weighted by Crippen LogP contribution is -2.40. The van der Waals surface area contributed by atoms with E-state index in [4.69, 9.17) is 0 Å². The van der Waals surface area contributed by atoms with E-state index >= 15 is 0 Å². The highest BCUT2D eigenvalue weighted by molar-refractivity contribution is 5.98. The molecule has 5 nitrogen and oxygen atoms in total. The van der Waals surface area contributed by atoms with Crippen LogP contribution in [-0.4, -0.2) is 42.9 Å². The van der Waals surface area contributed by atoms with Crippen LogP contribution in [0.4, 0.5) is 5.69 Å². The Morgan fingerprint density at radius 3 is 3.05 bits per heavy atom. The maximum atomic E-state index is 12.1. The van der Waals surface area contributed by atoms with Crippen molar-refractivity contribution < 1.29 is 9.59 Å². The number of nitrogens with one attached hydrogen (secondary N) is 2. The van der Waals surface area contributed by atoms with Crippen LogP contribution in [0.2, 0.25) is 0 Å². The molecule has 0 saturated carbocycles. The summed E-state index contributed by atoms with van der Waals surface area (Å²) in [5.74, 6) is -0.183. The van der Waals surface area contributed by atoms with Gasteiger partial charge in [-0.15, -0.1) is 0 Å². The van der Waals surface area contributed by atoms with Gasteiger partial charge in [0.1, 0.15) is 6.04 Å². The lowest BCUT2D eigenvalue weighted by molar-refractivity contribution is -0.128. The van der Waals surface area contributed by atoms with Crippen LogP contribution in [0.1, 0.15) is 22.3 Å². The number of carbonyl (C=O) groups is 2. The van der Waals surface area contributed by atoms with E-state index in [0.29, 0.717) is 18.5 Å². The highest BCUT2D eigenvalue weighted by atomic mass is 16.2. The fourth-order valence-corrected chi connectivity index (χ4v) is 2.63. The fourth-order valence-electron chi connectivity index (χ4n) is 2.63. The Morgan fingerprint density at radius 1 is 1.47 bits per heavy atom. The molecule has 1 atom stereocenters. The van der Waals surface area contributed by atoms with E-state index in [9.17, 15) is 9.59 Å². The zero-order valence-corrected chi connectivity index (χ0v) is 10.9. The van der Waals surface area contributed by atoms with Gasteiger partial charge in [0, 0.05) is 31.4 Å². The molecule has 2 amide bonds. The number of carbonyl (C=O) groups excluding carboxylic acids is 2. The molecule has 1 aromatic rings. The highest BCUT2D eigenvalue weighted by Crippen LogP contribution is 2.23. The summed E-state index contributed by atoms with van der Waals surface area (Å²) in [6.45, 7) is 1.63. The third kappa shape index (κ3) is 2.16. The highest BCUT2D eigenvalue weighted by Gasteiger charge is 2.30. The van der Waals surface area contributed by atoms with Gasteiger partial charge in [0.15, 0.2) is 0 Å². The summed E-state index contributed by atoms with van der Waals surface area (Å²) in [5, 5.41) is 6.06. The molecule has 0 aliphatic carbocycles. The number of benzene rings is 1. The summed E-state index contributed by atoms with van der Waals surface area (Å²) in [7, 11) is 1.76. The number of hydrogen-bond donors (Lipinski definition) is 2. The van der Waals surface area contributed by atoms with Crippen molar-refractivity contribution in [3.8, 4) is 0 Å². The summed E-state index contributed by atoms with van der Waals surface area (Å²) in [6, 6.07) is 5.29. The van der Waals surface area contributed by atoms with Gasteiger partial charge in [0.05, 0.1) is 0 Å². The first-order valence-electron chi connectivity index (χ1n) is 6.58. The van der Waals surface area contributed by atoms with Crippen molar-refractivity contribution in [1.29, 1.82) is 0 Å². The monoisotopic (exact) mass is 259 g/mol. The third-order valence-electron chi connectivity index (χ3n) is 3.81. The van der Waals surface area contributed by atoms with Gasteiger partial charge in [-0.25, -0.2) is 0 Å². The Kier molecular flexibility index (Phi) is 2.89. The smallest absolute Gasteiger partial charge is 0.252 e. The average Bonchev–Trinajstić information content (AvgIpc) is 2.99. The molecule has 3 rings (SSSR count). The molecule has 5 heteroatoms. The van der Waals surface area contributed by atoms with Crippen LogP contribution in [0.3, 0.4) is 0 Å². The summed E-state index contributed by atoms with van der Waals surface area (Å²) >= 11 is 0. The van der Waals surface area contributed by atoms with Crippen LogP contribution in [-0.2, 0) is 11.2 Å². The summed E-state index contributed by atoms with van der Waals surface area (Å²) in [6.07, 6.45) is 1.69. The van der Waals surface area contributed by atoms with Gasteiger partial charge in [-0.3, -0.25) is 9.59 Å². The van der Waals surface area contributed by atoms with Crippen molar-refractivity contribution >= 4 is 17.5 Å². The second-order valence-corrected chi connectivity index (χ2v) is 5.12. The SMILES string of the molecule is CN1CCC(NC(=O)c2ccc3c(c2)NCC3)C1=O. The van der Waals surface area contributed by atoms with Gasteiger partial charge in [-0.2, -0.15) is 0 Å². The summed E-state index contributed by atoms with van der Waals surface area (Å²) in [5.41, 5.74) is 2.88. The van der Waals surface area contributed by atoms with E-state index < -0.39 is 0 Å². The quantitative estimate of drug-likeness (QED) is 0.818. The molecule has 1 unspecified atom stereocenters. The maximum Gasteiger partial charge on any atom is 0.252 e. The van der Waals surface area contributed by atoms with Crippen LogP contribution in [0, 0.1) is 0 Å². The van der Waals surface area contributed by atoms with Crippen molar-refractivity contribution in [1.82, 2.24) is 10.2 Å². The number of fused-ring (bicyclic) bond motifs is 1. The second kappa shape index (κ2) is 4.57. The summed E-state index contributed by atoms with van der Waals surface area (Å²) in [4.78, 5) is 25.5. The first-order valence-corrected chi connectivity index (χ1v) is 6.58. The molecule has 2 N–H and O–H groups in total. The molecule has 0 radical (unpaired) electrons. The Balaban J connectivity index is 1.72. The lowest BCUT2D eigenvalue weighted by Gasteiger charge is -2.12. The Bertz CT molecular complexity index is 541. The standard InChI is InChI=1S/C14H17N3O2/c1-17-7-5-11(14(17)19)16-13(18)10-3-2-9-4-6-15-12(9)8-10/h2-3,8,11,15H,4-7H2,1H3,(H,16,18). The Hall–Kier alpha value is -2.04. The molecular weight excluding hydrogens is 242 g/mol. The van der Waals surface area contributed by atoms with Crippen LogP contribution in [0.15, 0.2) is 18.2 Å². The number of amides is 2. The molecule has 0 aromatic heterocycles. The average molecular weight is 259 g/mol. The molecule has 1 aromatic carbocycles.